The van der Waals surface area contributed by atoms with Gasteiger partial charge in [-0.2, -0.15) is 0 Å². The van der Waals surface area contributed by atoms with Crippen molar-refractivity contribution in [2.75, 3.05) is 0 Å². The number of carbonyl (C=O) groups is 2. The van der Waals surface area contributed by atoms with E-state index in [2.05, 4.69) is 0 Å². The Hall–Kier alpha value is -3.20. The van der Waals surface area contributed by atoms with Crippen LogP contribution in [0.15, 0.2) is 78.9 Å². The van der Waals surface area contributed by atoms with Gasteiger partial charge in [0.25, 0.3) is 0 Å². The fraction of sp³-hybridized carbons (Fsp3) is 0.0476. The van der Waals surface area contributed by atoms with Crippen molar-refractivity contribution in [3.8, 4) is 5.75 Å². The second-order valence-electron chi connectivity index (χ2n) is 5.48. The minimum atomic E-state index is -0.423. The molecular weight excluding hydrogens is 300 g/mol. The minimum Gasteiger partial charge on any atom is -0.423 e. The average Bonchev–Trinajstić information content (AvgIpc) is 2.63. The summed E-state index contributed by atoms with van der Waals surface area (Å²) in [6.45, 7) is 1.98. The molecule has 0 amide bonds. The third-order valence-electron chi connectivity index (χ3n) is 3.65. The third kappa shape index (κ3) is 3.58. The van der Waals surface area contributed by atoms with E-state index >= 15 is 0 Å². The summed E-state index contributed by atoms with van der Waals surface area (Å²) in [5, 5.41) is 0. The van der Waals surface area contributed by atoms with E-state index in [-0.39, 0.29) is 5.78 Å². The van der Waals surface area contributed by atoms with E-state index in [1.54, 1.807) is 60.7 Å². The second kappa shape index (κ2) is 6.92. The molecular formula is C21H16O3. The summed E-state index contributed by atoms with van der Waals surface area (Å²) in [6, 6.07) is 22.8. The van der Waals surface area contributed by atoms with E-state index in [1.165, 1.54) is 0 Å². The van der Waals surface area contributed by atoms with Gasteiger partial charge in [0, 0.05) is 11.1 Å². The van der Waals surface area contributed by atoms with Crippen LogP contribution in [0.3, 0.4) is 0 Å². The first-order chi connectivity index (χ1) is 11.6. The zero-order valence-electron chi connectivity index (χ0n) is 13.2. The van der Waals surface area contributed by atoms with Gasteiger partial charge in [0.1, 0.15) is 5.75 Å². The van der Waals surface area contributed by atoms with Crippen molar-refractivity contribution in [3.63, 3.8) is 0 Å². The number of esters is 1. The molecule has 3 rings (SSSR count). The van der Waals surface area contributed by atoms with Gasteiger partial charge in [-0.3, -0.25) is 4.79 Å². The van der Waals surface area contributed by atoms with E-state index < -0.39 is 5.97 Å². The van der Waals surface area contributed by atoms with E-state index in [0.29, 0.717) is 22.4 Å². The van der Waals surface area contributed by atoms with Crippen LogP contribution < -0.4 is 4.74 Å². The van der Waals surface area contributed by atoms with Gasteiger partial charge in [-0.05, 0) is 43.3 Å². The fourth-order valence-corrected chi connectivity index (χ4v) is 2.29. The Morgan fingerprint density at radius 3 is 1.79 bits per heavy atom. The van der Waals surface area contributed by atoms with Gasteiger partial charge in [-0.25, -0.2) is 4.79 Å². The zero-order valence-corrected chi connectivity index (χ0v) is 13.2. The lowest BCUT2D eigenvalue weighted by molar-refractivity contribution is 0.0734. The first-order valence-electron chi connectivity index (χ1n) is 7.62. The first-order valence-corrected chi connectivity index (χ1v) is 7.62. The highest BCUT2D eigenvalue weighted by molar-refractivity contribution is 6.09. The van der Waals surface area contributed by atoms with Gasteiger partial charge in [-0.15, -0.1) is 0 Å². The summed E-state index contributed by atoms with van der Waals surface area (Å²) in [6.07, 6.45) is 0. The van der Waals surface area contributed by atoms with Gasteiger partial charge < -0.3 is 4.74 Å². The quantitative estimate of drug-likeness (QED) is 0.406. The molecule has 0 radical (unpaired) electrons. The molecule has 0 heterocycles. The lowest BCUT2D eigenvalue weighted by Crippen LogP contribution is -2.08. The van der Waals surface area contributed by atoms with Gasteiger partial charge >= 0.3 is 5.97 Å². The molecule has 0 N–H and O–H groups in total. The fourth-order valence-electron chi connectivity index (χ4n) is 2.29. The SMILES string of the molecule is Cc1ccc(C(=O)c2ccc(OC(=O)c3ccccc3)cc2)cc1. The summed E-state index contributed by atoms with van der Waals surface area (Å²) in [5.74, 6) is -0.0755. The number of rotatable bonds is 4. The molecule has 0 saturated carbocycles. The van der Waals surface area contributed by atoms with Gasteiger partial charge in [0.2, 0.25) is 0 Å². The molecule has 0 bridgehead atoms. The largest absolute Gasteiger partial charge is 0.423 e. The van der Waals surface area contributed by atoms with Crippen LogP contribution in [0.5, 0.6) is 5.75 Å². The normalized spacial score (nSPS) is 10.2. The van der Waals surface area contributed by atoms with E-state index in [4.69, 9.17) is 4.74 Å². The minimum absolute atomic E-state index is 0.0593. The number of hydrogen-bond donors (Lipinski definition) is 0. The Labute approximate surface area is 140 Å². The van der Waals surface area contributed by atoms with Crippen LogP contribution in [0.2, 0.25) is 0 Å². The molecule has 0 unspecified atom stereocenters. The Morgan fingerprint density at radius 1 is 0.667 bits per heavy atom. The monoisotopic (exact) mass is 316 g/mol. The van der Waals surface area contributed by atoms with Gasteiger partial charge in [-0.1, -0.05) is 48.0 Å². The zero-order chi connectivity index (χ0) is 16.9. The standard InChI is InChI=1S/C21H16O3/c1-15-7-9-16(10-8-15)20(22)17-11-13-19(14-12-17)24-21(23)18-5-3-2-4-6-18/h2-14H,1H3. The molecule has 3 aromatic carbocycles. The van der Waals surface area contributed by atoms with E-state index in [9.17, 15) is 9.59 Å². The molecule has 0 aromatic heterocycles. The lowest BCUT2D eigenvalue weighted by Gasteiger charge is -2.06. The highest BCUT2D eigenvalue weighted by atomic mass is 16.5. The first kappa shape index (κ1) is 15.7. The maximum Gasteiger partial charge on any atom is 0.343 e. The maximum atomic E-state index is 12.4. The summed E-state index contributed by atoms with van der Waals surface area (Å²) in [7, 11) is 0. The highest BCUT2D eigenvalue weighted by Gasteiger charge is 2.11. The van der Waals surface area contributed by atoms with Crippen LogP contribution in [0.1, 0.15) is 31.8 Å². The third-order valence-corrected chi connectivity index (χ3v) is 3.65. The summed E-state index contributed by atoms with van der Waals surface area (Å²) < 4.78 is 5.31. The van der Waals surface area contributed by atoms with Crippen molar-refractivity contribution >= 4 is 11.8 Å². The number of benzene rings is 3. The van der Waals surface area contributed by atoms with Crippen molar-refractivity contribution in [1.82, 2.24) is 0 Å². The summed E-state index contributed by atoms with van der Waals surface area (Å²) in [4.78, 5) is 24.4. The van der Waals surface area contributed by atoms with Crippen LogP contribution in [0.4, 0.5) is 0 Å². The topological polar surface area (TPSA) is 43.4 Å². The predicted molar refractivity (Wildman–Crippen MR) is 92.5 cm³/mol. The molecule has 3 nitrogen and oxygen atoms in total. The molecule has 3 heteroatoms. The Morgan fingerprint density at radius 2 is 1.21 bits per heavy atom. The molecule has 0 atom stereocenters. The second-order valence-corrected chi connectivity index (χ2v) is 5.48. The number of carbonyl (C=O) groups excluding carboxylic acids is 2. The molecule has 24 heavy (non-hydrogen) atoms. The smallest absolute Gasteiger partial charge is 0.343 e. The number of ether oxygens (including phenoxy) is 1. The number of ketones is 1. The summed E-state index contributed by atoms with van der Waals surface area (Å²) >= 11 is 0. The van der Waals surface area contributed by atoms with Crippen molar-refractivity contribution in [3.05, 3.63) is 101 Å². The van der Waals surface area contributed by atoms with Crippen molar-refractivity contribution in [2.24, 2.45) is 0 Å². The Balaban J connectivity index is 1.72. The molecule has 118 valence electrons. The predicted octanol–water partition coefficient (Wildman–Crippen LogP) is 4.45. The molecule has 0 fully saturated rings. The Kier molecular flexibility index (Phi) is 4.52. The van der Waals surface area contributed by atoms with Crippen LogP contribution >= 0.6 is 0 Å². The molecule has 0 spiro atoms. The van der Waals surface area contributed by atoms with E-state index in [1.807, 2.05) is 25.1 Å². The van der Waals surface area contributed by atoms with E-state index in [0.717, 1.165) is 5.56 Å². The molecule has 0 aliphatic heterocycles. The van der Waals surface area contributed by atoms with Crippen LogP contribution in [-0.2, 0) is 0 Å². The summed E-state index contributed by atoms with van der Waals surface area (Å²) in [5.41, 5.74) is 2.78. The van der Waals surface area contributed by atoms with Gasteiger partial charge in [0.05, 0.1) is 5.56 Å². The van der Waals surface area contributed by atoms with Crippen LogP contribution in [0.25, 0.3) is 0 Å². The van der Waals surface area contributed by atoms with Crippen LogP contribution in [-0.4, -0.2) is 11.8 Å². The van der Waals surface area contributed by atoms with Crippen molar-refractivity contribution < 1.29 is 14.3 Å². The van der Waals surface area contributed by atoms with Crippen molar-refractivity contribution in [1.29, 1.82) is 0 Å². The molecule has 0 aliphatic carbocycles. The van der Waals surface area contributed by atoms with Gasteiger partial charge in [0.15, 0.2) is 5.78 Å². The van der Waals surface area contributed by atoms with Crippen LogP contribution in [0, 0.1) is 6.92 Å². The lowest BCUT2D eigenvalue weighted by atomic mass is 10.0. The molecule has 0 saturated heterocycles. The average molecular weight is 316 g/mol. The van der Waals surface area contributed by atoms with Crippen molar-refractivity contribution in [2.45, 2.75) is 6.92 Å². The Bertz CT molecular complexity index is 848. The molecule has 3 aromatic rings. The maximum absolute atomic E-state index is 12.4. The highest BCUT2D eigenvalue weighted by Crippen LogP contribution is 2.17. The number of aryl methyl sites for hydroxylation is 1. The molecule has 0 aliphatic rings. The number of hydrogen-bond acceptors (Lipinski definition) is 3.